The van der Waals surface area contributed by atoms with Crippen LogP contribution in [0.3, 0.4) is 0 Å². The number of fused-ring (bicyclic) bond motifs is 1. The Morgan fingerprint density at radius 2 is 1.92 bits per heavy atom. The average molecular weight is 349 g/mol. The highest BCUT2D eigenvalue weighted by molar-refractivity contribution is 7.89. The second-order valence-electron chi connectivity index (χ2n) is 6.12. The number of hydrogen-bond donors (Lipinski definition) is 1. The number of amides is 1. The summed E-state index contributed by atoms with van der Waals surface area (Å²) in [5, 5.41) is 0.919. The van der Waals surface area contributed by atoms with Gasteiger partial charge in [-0.25, -0.2) is 12.7 Å². The molecule has 130 valence electrons. The number of aromatic nitrogens is 1. The van der Waals surface area contributed by atoms with E-state index in [2.05, 4.69) is 4.98 Å². The number of sulfonamides is 1. The van der Waals surface area contributed by atoms with Crippen molar-refractivity contribution in [3.8, 4) is 0 Å². The van der Waals surface area contributed by atoms with Gasteiger partial charge in [0, 0.05) is 42.8 Å². The van der Waals surface area contributed by atoms with Gasteiger partial charge in [0.05, 0.1) is 11.3 Å². The first-order valence-corrected chi connectivity index (χ1v) is 9.89. The number of nitrogens with zero attached hydrogens (tertiary/aromatic N) is 2. The van der Waals surface area contributed by atoms with E-state index in [4.69, 9.17) is 0 Å². The van der Waals surface area contributed by atoms with Crippen LogP contribution in [0.15, 0.2) is 24.3 Å². The van der Waals surface area contributed by atoms with E-state index in [1.807, 2.05) is 31.2 Å². The van der Waals surface area contributed by atoms with Gasteiger partial charge in [-0.15, -0.1) is 0 Å². The SMILES string of the molecule is CCS(=O)(=O)N1CCCN(C(=O)c2c(C)[nH]c3ccccc23)CC1. The molecule has 0 unspecified atom stereocenters. The van der Waals surface area contributed by atoms with Gasteiger partial charge in [-0.1, -0.05) is 18.2 Å². The Balaban J connectivity index is 1.84. The summed E-state index contributed by atoms with van der Waals surface area (Å²) in [4.78, 5) is 18.0. The number of nitrogens with one attached hydrogen (secondary N) is 1. The van der Waals surface area contributed by atoms with E-state index >= 15 is 0 Å². The molecule has 1 aromatic heterocycles. The third-order valence-corrected chi connectivity index (χ3v) is 6.49. The van der Waals surface area contributed by atoms with Crippen LogP contribution in [0.25, 0.3) is 10.9 Å². The standard InChI is InChI=1S/C17H23N3O3S/c1-3-24(22,23)20-10-6-9-19(11-12-20)17(21)16-13(2)18-15-8-5-4-7-14(15)16/h4-5,7-8,18H,3,6,9-12H2,1-2H3. The van der Waals surface area contributed by atoms with Crippen LogP contribution in [0, 0.1) is 6.92 Å². The van der Waals surface area contributed by atoms with Crippen molar-refractivity contribution in [2.75, 3.05) is 31.9 Å². The Morgan fingerprint density at radius 3 is 2.67 bits per heavy atom. The third-order valence-electron chi connectivity index (χ3n) is 4.61. The van der Waals surface area contributed by atoms with Gasteiger partial charge in [-0.3, -0.25) is 4.79 Å². The van der Waals surface area contributed by atoms with Gasteiger partial charge in [-0.2, -0.15) is 0 Å². The molecule has 6 nitrogen and oxygen atoms in total. The van der Waals surface area contributed by atoms with Gasteiger partial charge in [0.15, 0.2) is 0 Å². The largest absolute Gasteiger partial charge is 0.358 e. The predicted octanol–water partition coefficient (Wildman–Crippen LogP) is 1.97. The zero-order valence-electron chi connectivity index (χ0n) is 14.1. The summed E-state index contributed by atoms with van der Waals surface area (Å²) in [6.07, 6.45) is 0.659. The molecule has 0 saturated carbocycles. The predicted molar refractivity (Wildman–Crippen MR) is 94.6 cm³/mol. The highest BCUT2D eigenvalue weighted by Gasteiger charge is 2.27. The van der Waals surface area contributed by atoms with Crippen molar-refractivity contribution in [3.05, 3.63) is 35.5 Å². The lowest BCUT2D eigenvalue weighted by atomic mass is 10.1. The maximum Gasteiger partial charge on any atom is 0.256 e. The van der Waals surface area contributed by atoms with Crippen molar-refractivity contribution >= 4 is 26.8 Å². The van der Waals surface area contributed by atoms with Crippen molar-refractivity contribution in [1.29, 1.82) is 0 Å². The Labute approximate surface area is 142 Å². The molecule has 1 aliphatic rings. The average Bonchev–Trinajstić information content (AvgIpc) is 2.74. The molecule has 1 amide bonds. The van der Waals surface area contributed by atoms with Gasteiger partial charge < -0.3 is 9.88 Å². The van der Waals surface area contributed by atoms with Crippen LogP contribution in [-0.4, -0.2) is 60.4 Å². The monoisotopic (exact) mass is 349 g/mol. The van der Waals surface area contributed by atoms with Crippen LogP contribution in [0.2, 0.25) is 0 Å². The Hall–Kier alpha value is -1.86. The maximum atomic E-state index is 13.0. The number of H-pyrrole nitrogens is 1. The lowest BCUT2D eigenvalue weighted by Gasteiger charge is -2.21. The second kappa shape index (κ2) is 6.57. The molecule has 1 fully saturated rings. The fraction of sp³-hybridized carbons (Fsp3) is 0.471. The number of aryl methyl sites for hydroxylation is 1. The molecular weight excluding hydrogens is 326 g/mol. The van der Waals surface area contributed by atoms with Crippen molar-refractivity contribution < 1.29 is 13.2 Å². The minimum absolute atomic E-state index is 0.0271. The summed E-state index contributed by atoms with van der Waals surface area (Å²) in [6, 6.07) is 7.76. The first-order valence-electron chi connectivity index (χ1n) is 8.28. The van der Waals surface area contributed by atoms with Crippen molar-refractivity contribution in [2.45, 2.75) is 20.3 Å². The van der Waals surface area contributed by atoms with Gasteiger partial charge in [0.1, 0.15) is 0 Å². The molecule has 2 aromatic rings. The summed E-state index contributed by atoms with van der Waals surface area (Å²) >= 11 is 0. The smallest absolute Gasteiger partial charge is 0.256 e. The van der Waals surface area contributed by atoms with Gasteiger partial charge in [-0.05, 0) is 26.3 Å². The number of carbonyl (C=O) groups excluding carboxylic acids is 1. The molecule has 0 atom stereocenters. The fourth-order valence-corrected chi connectivity index (χ4v) is 4.40. The van der Waals surface area contributed by atoms with E-state index in [1.165, 1.54) is 4.31 Å². The lowest BCUT2D eigenvalue weighted by Crippen LogP contribution is -2.38. The van der Waals surface area contributed by atoms with Crippen LogP contribution >= 0.6 is 0 Å². The number of benzene rings is 1. The highest BCUT2D eigenvalue weighted by Crippen LogP contribution is 2.24. The molecular formula is C17H23N3O3S. The molecule has 0 bridgehead atoms. The van der Waals surface area contributed by atoms with Gasteiger partial charge >= 0.3 is 0 Å². The Kier molecular flexibility index (Phi) is 4.64. The van der Waals surface area contributed by atoms with E-state index in [0.29, 0.717) is 38.2 Å². The molecule has 3 rings (SSSR count). The molecule has 2 heterocycles. The maximum absolute atomic E-state index is 13.0. The Morgan fingerprint density at radius 1 is 1.17 bits per heavy atom. The zero-order valence-corrected chi connectivity index (χ0v) is 14.9. The van der Waals surface area contributed by atoms with E-state index in [0.717, 1.165) is 16.6 Å². The topological polar surface area (TPSA) is 73.5 Å². The summed E-state index contributed by atoms with van der Waals surface area (Å²) in [5.74, 6) is 0.0726. The summed E-state index contributed by atoms with van der Waals surface area (Å²) < 4.78 is 25.6. The highest BCUT2D eigenvalue weighted by atomic mass is 32.2. The number of hydrogen-bond acceptors (Lipinski definition) is 3. The number of aromatic amines is 1. The molecule has 0 spiro atoms. The summed E-state index contributed by atoms with van der Waals surface area (Å²) in [6.45, 7) is 5.40. The first-order chi connectivity index (χ1) is 11.4. The zero-order chi connectivity index (χ0) is 17.3. The number of rotatable bonds is 3. The van der Waals surface area contributed by atoms with E-state index in [-0.39, 0.29) is 11.7 Å². The number of carbonyl (C=O) groups is 1. The van der Waals surface area contributed by atoms with Gasteiger partial charge in [0.25, 0.3) is 5.91 Å². The molecule has 7 heteroatoms. The minimum atomic E-state index is -3.20. The van der Waals surface area contributed by atoms with Crippen molar-refractivity contribution in [3.63, 3.8) is 0 Å². The molecule has 0 aliphatic carbocycles. The molecule has 0 radical (unpaired) electrons. The minimum Gasteiger partial charge on any atom is -0.358 e. The number of para-hydroxylation sites is 1. The van der Waals surface area contributed by atoms with Crippen LogP contribution in [0.4, 0.5) is 0 Å². The van der Waals surface area contributed by atoms with Crippen LogP contribution in [0.5, 0.6) is 0 Å². The Bertz CT molecular complexity index is 857. The van der Waals surface area contributed by atoms with E-state index in [9.17, 15) is 13.2 Å². The quantitative estimate of drug-likeness (QED) is 0.921. The molecule has 1 saturated heterocycles. The van der Waals surface area contributed by atoms with Crippen LogP contribution < -0.4 is 0 Å². The molecule has 1 aromatic carbocycles. The second-order valence-corrected chi connectivity index (χ2v) is 8.37. The van der Waals surface area contributed by atoms with E-state index < -0.39 is 10.0 Å². The van der Waals surface area contributed by atoms with Crippen LogP contribution in [-0.2, 0) is 10.0 Å². The van der Waals surface area contributed by atoms with Crippen molar-refractivity contribution in [2.24, 2.45) is 0 Å². The molecule has 1 N–H and O–H groups in total. The molecule has 24 heavy (non-hydrogen) atoms. The normalized spacial score (nSPS) is 17.2. The lowest BCUT2D eigenvalue weighted by molar-refractivity contribution is 0.0765. The van der Waals surface area contributed by atoms with Crippen LogP contribution in [0.1, 0.15) is 29.4 Å². The summed E-state index contributed by atoms with van der Waals surface area (Å²) in [7, 11) is -3.20. The van der Waals surface area contributed by atoms with Crippen molar-refractivity contribution in [1.82, 2.24) is 14.2 Å². The van der Waals surface area contributed by atoms with E-state index in [1.54, 1.807) is 11.8 Å². The summed E-state index contributed by atoms with van der Waals surface area (Å²) in [5.41, 5.74) is 2.49. The third kappa shape index (κ3) is 3.06. The molecule has 1 aliphatic heterocycles. The van der Waals surface area contributed by atoms with Gasteiger partial charge in [0.2, 0.25) is 10.0 Å². The fourth-order valence-electron chi connectivity index (χ4n) is 3.27. The first kappa shape index (κ1) is 17.0.